The van der Waals surface area contributed by atoms with E-state index in [1.165, 1.54) is 11.1 Å². The van der Waals surface area contributed by atoms with Gasteiger partial charge in [0.1, 0.15) is 6.61 Å². The maximum atomic E-state index is 12.2. The predicted molar refractivity (Wildman–Crippen MR) is 93.9 cm³/mol. The quantitative estimate of drug-likeness (QED) is 0.845. The molecule has 1 aromatic carbocycles. The van der Waals surface area contributed by atoms with Crippen molar-refractivity contribution in [2.45, 2.75) is 19.9 Å². The molecule has 128 valence electrons. The van der Waals surface area contributed by atoms with Crippen LogP contribution in [0.25, 0.3) is 0 Å². The van der Waals surface area contributed by atoms with Crippen LogP contribution < -0.4 is 0 Å². The molecular formula is C18H27ClN2O2. The fourth-order valence-electron chi connectivity index (χ4n) is 4.13. The molecule has 2 heterocycles. The van der Waals surface area contributed by atoms with Gasteiger partial charge in [-0.15, -0.1) is 12.4 Å². The van der Waals surface area contributed by atoms with Crippen molar-refractivity contribution in [3.05, 3.63) is 35.4 Å². The van der Waals surface area contributed by atoms with Gasteiger partial charge in [0.2, 0.25) is 5.91 Å². The second-order valence-electron chi connectivity index (χ2n) is 6.60. The van der Waals surface area contributed by atoms with E-state index in [2.05, 4.69) is 43.1 Å². The molecule has 0 bridgehead atoms. The first-order valence-electron chi connectivity index (χ1n) is 8.23. The molecular weight excluding hydrogens is 312 g/mol. The van der Waals surface area contributed by atoms with E-state index in [0.29, 0.717) is 24.5 Å². The zero-order chi connectivity index (χ0) is 15.7. The number of halogens is 1. The Labute approximate surface area is 145 Å². The summed E-state index contributed by atoms with van der Waals surface area (Å²) >= 11 is 0. The minimum atomic E-state index is 0. The molecule has 0 N–H and O–H groups in total. The third-order valence-electron chi connectivity index (χ3n) is 5.18. The third-order valence-corrected chi connectivity index (χ3v) is 5.18. The number of nitrogens with zero attached hydrogens (tertiary/aromatic N) is 2. The summed E-state index contributed by atoms with van der Waals surface area (Å²) in [6.45, 7) is 7.74. The van der Waals surface area contributed by atoms with E-state index >= 15 is 0 Å². The highest BCUT2D eigenvalue weighted by Gasteiger charge is 2.47. The maximum Gasteiger partial charge on any atom is 0.248 e. The number of hydrogen-bond acceptors (Lipinski definition) is 3. The fourth-order valence-corrected chi connectivity index (χ4v) is 4.13. The zero-order valence-electron chi connectivity index (χ0n) is 14.2. The highest BCUT2D eigenvalue weighted by molar-refractivity contribution is 5.85. The van der Waals surface area contributed by atoms with Crippen LogP contribution in [-0.4, -0.2) is 55.6 Å². The number of fused-ring (bicyclic) bond motifs is 1. The smallest absolute Gasteiger partial charge is 0.248 e. The first-order valence-corrected chi connectivity index (χ1v) is 8.23. The lowest BCUT2D eigenvalue weighted by molar-refractivity contribution is -0.135. The van der Waals surface area contributed by atoms with E-state index in [0.717, 1.165) is 19.6 Å². The van der Waals surface area contributed by atoms with Crippen LogP contribution in [0, 0.1) is 18.8 Å². The number of rotatable bonds is 4. The van der Waals surface area contributed by atoms with Crippen LogP contribution in [0.4, 0.5) is 0 Å². The van der Waals surface area contributed by atoms with Crippen molar-refractivity contribution in [2.75, 3.05) is 39.9 Å². The van der Waals surface area contributed by atoms with Crippen molar-refractivity contribution in [1.82, 2.24) is 9.80 Å². The van der Waals surface area contributed by atoms with Crippen LogP contribution in [0.1, 0.15) is 24.1 Å². The van der Waals surface area contributed by atoms with Crippen LogP contribution in [0.15, 0.2) is 24.3 Å². The van der Waals surface area contributed by atoms with Gasteiger partial charge >= 0.3 is 0 Å². The number of carbonyl (C=O) groups is 1. The molecule has 0 aliphatic carbocycles. The molecule has 5 heteroatoms. The molecule has 0 radical (unpaired) electrons. The molecule has 2 aliphatic rings. The Morgan fingerprint density at radius 2 is 2.00 bits per heavy atom. The average molecular weight is 339 g/mol. The van der Waals surface area contributed by atoms with Crippen molar-refractivity contribution in [3.8, 4) is 0 Å². The van der Waals surface area contributed by atoms with Crippen molar-refractivity contribution in [1.29, 1.82) is 0 Å². The van der Waals surface area contributed by atoms with Gasteiger partial charge in [0.05, 0.1) is 0 Å². The van der Waals surface area contributed by atoms with Crippen molar-refractivity contribution >= 4 is 18.3 Å². The Kier molecular flexibility index (Phi) is 6.06. The maximum absolute atomic E-state index is 12.2. The van der Waals surface area contributed by atoms with Crippen molar-refractivity contribution in [3.63, 3.8) is 0 Å². The summed E-state index contributed by atoms with van der Waals surface area (Å²) in [7, 11) is 2.21. The summed E-state index contributed by atoms with van der Waals surface area (Å²) in [5, 5.41) is 0. The van der Waals surface area contributed by atoms with Crippen LogP contribution >= 0.6 is 12.4 Å². The van der Waals surface area contributed by atoms with Gasteiger partial charge in [0.25, 0.3) is 0 Å². The molecule has 2 fully saturated rings. The summed E-state index contributed by atoms with van der Waals surface area (Å²) < 4.78 is 5.28. The van der Waals surface area contributed by atoms with E-state index < -0.39 is 0 Å². The predicted octanol–water partition coefficient (Wildman–Crippen LogP) is 2.51. The molecule has 2 aliphatic heterocycles. The van der Waals surface area contributed by atoms with Gasteiger partial charge in [-0.05, 0) is 37.9 Å². The minimum absolute atomic E-state index is 0. The summed E-state index contributed by atoms with van der Waals surface area (Å²) in [4.78, 5) is 16.7. The second kappa shape index (κ2) is 7.65. The molecule has 0 aromatic heterocycles. The Bertz CT molecular complexity index is 552. The lowest BCUT2D eigenvalue weighted by Crippen LogP contribution is -2.35. The van der Waals surface area contributed by atoms with Gasteiger partial charge in [0.15, 0.2) is 0 Å². The van der Waals surface area contributed by atoms with Crippen molar-refractivity contribution < 1.29 is 9.53 Å². The molecule has 0 saturated carbocycles. The number of aryl methyl sites for hydroxylation is 1. The number of carbonyl (C=O) groups excluding carboxylic acids is 1. The number of hydrogen-bond donors (Lipinski definition) is 0. The standard InChI is InChI=1S/C18H26N2O2.ClH/c1-4-22-12-17(21)20-10-14-9-19(3)18(16(14)11-20)15-8-6-5-7-13(15)2;/h5-8,14,16,18H,4,9-12H2,1-3H3;1H/t14-,16+,18-;/m0./s1. The monoisotopic (exact) mass is 338 g/mol. The van der Waals surface area contributed by atoms with Crippen LogP contribution in [0.3, 0.4) is 0 Å². The van der Waals surface area contributed by atoms with Crippen LogP contribution in [-0.2, 0) is 9.53 Å². The Balaban J connectivity index is 0.00000192. The number of likely N-dealkylation sites (tertiary alicyclic amines) is 2. The molecule has 4 nitrogen and oxygen atoms in total. The Morgan fingerprint density at radius 1 is 1.26 bits per heavy atom. The Morgan fingerprint density at radius 3 is 2.70 bits per heavy atom. The van der Waals surface area contributed by atoms with Gasteiger partial charge in [-0.25, -0.2) is 0 Å². The zero-order valence-corrected chi connectivity index (χ0v) is 15.0. The minimum Gasteiger partial charge on any atom is -0.372 e. The summed E-state index contributed by atoms with van der Waals surface area (Å²) in [5.74, 6) is 1.26. The number of ether oxygens (including phenoxy) is 1. The summed E-state index contributed by atoms with van der Waals surface area (Å²) in [5.41, 5.74) is 2.76. The van der Waals surface area contributed by atoms with E-state index in [1.807, 2.05) is 11.8 Å². The fraction of sp³-hybridized carbons (Fsp3) is 0.611. The number of benzene rings is 1. The van der Waals surface area contributed by atoms with Crippen LogP contribution in [0.5, 0.6) is 0 Å². The van der Waals surface area contributed by atoms with Crippen LogP contribution in [0.2, 0.25) is 0 Å². The summed E-state index contributed by atoms with van der Waals surface area (Å²) in [6.07, 6.45) is 0. The van der Waals surface area contributed by atoms with Gasteiger partial charge in [-0.3, -0.25) is 9.69 Å². The van der Waals surface area contributed by atoms with Crippen molar-refractivity contribution in [2.24, 2.45) is 11.8 Å². The molecule has 3 atom stereocenters. The average Bonchev–Trinajstić information content (AvgIpc) is 3.02. The third kappa shape index (κ3) is 3.54. The normalized spacial score (nSPS) is 26.9. The molecule has 2 saturated heterocycles. The van der Waals surface area contributed by atoms with Gasteiger partial charge < -0.3 is 9.64 Å². The second-order valence-corrected chi connectivity index (χ2v) is 6.60. The topological polar surface area (TPSA) is 32.8 Å². The molecule has 1 amide bonds. The largest absolute Gasteiger partial charge is 0.372 e. The SMILES string of the molecule is CCOCC(=O)N1C[C@@H]2CN(C)[C@@H](c3ccccc3C)[C@@H]2C1.Cl. The molecule has 23 heavy (non-hydrogen) atoms. The lowest BCUT2D eigenvalue weighted by atomic mass is 9.88. The highest BCUT2D eigenvalue weighted by atomic mass is 35.5. The molecule has 0 unspecified atom stereocenters. The Hall–Kier alpha value is -1.10. The van der Waals surface area contributed by atoms with Gasteiger partial charge in [0, 0.05) is 38.2 Å². The van der Waals surface area contributed by atoms with E-state index in [-0.39, 0.29) is 24.9 Å². The first kappa shape index (κ1) is 18.2. The highest BCUT2D eigenvalue weighted by Crippen LogP contribution is 2.44. The summed E-state index contributed by atoms with van der Waals surface area (Å²) in [6, 6.07) is 9.07. The molecule has 3 rings (SSSR count). The lowest BCUT2D eigenvalue weighted by Gasteiger charge is -2.28. The first-order chi connectivity index (χ1) is 10.6. The number of amides is 1. The van der Waals surface area contributed by atoms with E-state index in [4.69, 9.17) is 4.74 Å². The van der Waals surface area contributed by atoms with E-state index in [1.54, 1.807) is 0 Å². The van der Waals surface area contributed by atoms with Gasteiger partial charge in [-0.1, -0.05) is 24.3 Å². The van der Waals surface area contributed by atoms with Gasteiger partial charge in [-0.2, -0.15) is 0 Å². The molecule has 0 spiro atoms. The van der Waals surface area contributed by atoms with E-state index in [9.17, 15) is 4.79 Å². The molecule has 1 aromatic rings.